The van der Waals surface area contributed by atoms with Crippen molar-refractivity contribution in [3.05, 3.63) is 66.4 Å². The van der Waals surface area contributed by atoms with Crippen LogP contribution in [0.1, 0.15) is 24.2 Å². The SMILES string of the molecule is COC(=O)c1ccccc1NC(=O)C(C)(C)C(=O)Nc1cccc2cccnc12. The number of esters is 1. The monoisotopic (exact) mass is 391 g/mol. The fourth-order valence-corrected chi connectivity index (χ4v) is 2.75. The number of aromatic nitrogens is 1. The van der Waals surface area contributed by atoms with Crippen LogP contribution in [0.3, 0.4) is 0 Å². The lowest BCUT2D eigenvalue weighted by molar-refractivity contribution is -0.135. The molecule has 3 aromatic rings. The maximum absolute atomic E-state index is 12.9. The van der Waals surface area contributed by atoms with Crippen LogP contribution < -0.4 is 10.6 Å². The molecule has 0 atom stereocenters. The summed E-state index contributed by atoms with van der Waals surface area (Å²) >= 11 is 0. The average molecular weight is 391 g/mol. The van der Waals surface area contributed by atoms with Crippen molar-refractivity contribution in [3.8, 4) is 0 Å². The number of para-hydroxylation sites is 2. The molecule has 3 rings (SSSR count). The predicted molar refractivity (Wildman–Crippen MR) is 111 cm³/mol. The Morgan fingerprint density at radius 1 is 0.862 bits per heavy atom. The number of rotatable bonds is 5. The number of hydrogen-bond acceptors (Lipinski definition) is 5. The number of amides is 2. The Hall–Kier alpha value is -3.74. The van der Waals surface area contributed by atoms with Gasteiger partial charge in [0.25, 0.3) is 0 Å². The van der Waals surface area contributed by atoms with E-state index in [1.807, 2.05) is 18.2 Å². The van der Waals surface area contributed by atoms with Crippen molar-refractivity contribution in [1.82, 2.24) is 4.98 Å². The molecule has 0 aliphatic heterocycles. The Labute approximate surface area is 168 Å². The number of nitrogens with one attached hydrogen (secondary N) is 2. The first-order valence-electron chi connectivity index (χ1n) is 8.98. The van der Waals surface area contributed by atoms with Gasteiger partial charge in [0.2, 0.25) is 11.8 Å². The van der Waals surface area contributed by atoms with Crippen molar-refractivity contribution >= 4 is 40.1 Å². The summed E-state index contributed by atoms with van der Waals surface area (Å²) in [6.45, 7) is 3.02. The Balaban J connectivity index is 1.82. The third-order valence-electron chi connectivity index (χ3n) is 4.60. The minimum absolute atomic E-state index is 0.206. The van der Waals surface area contributed by atoms with E-state index in [1.165, 1.54) is 27.0 Å². The third kappa shape index (κ3) is 4.08. The highest BCUT2D eigenvalue weighted by Crippen LogP contribution is 2.26. The first kappa shape index (κ1) is 20.0. The highest BCUT2D eigenvalue weighted by molar-refractivity contribution is 6.16. The summed E-state index contributed by atoms with van der Waals surface area (Å²) < 4.78 is 4.74. The van der Waals surface area contributed by atoms with Crippen molar-refractivity contribution in [2.75, 3.05) is 17.7 Å². The molecular formula is C22H21N3O4. The Morgan fingerprint density at radius 3 is 2.21 bits per heavy atom. The molecule has 0 radical (unpaired) electrons. The van der Waals surface area contributed by atoms with Gasteiger partial charge in [-0.25, -0.2) is 4.79 Å². The summed E-state index contributed by atoms with van der Waals surface area (Å²) in [7, 11) is 1.26. The van der Waals surface area contributed by atoms with E-state index in [-0.39, 0.29) is 11.3 Å². The summed E-state index contributed by atoms with van der Waals surface area (Å²) in [4.78, 5) is 42.0. The number of hydrogen-bond donors (Lipinski definition) is 2. The molecule has 0 saturated heterocycles. The molecule has 1 heterocycles. The van der Waals surface area contributed by atoms with Crippen molar-refractivity contribution < 1.29 is 19.1 Å². The Kier molecular flexibility index (Phi) is 5.59. The zero-order chi connectivity index (χ0) is 21.0. The molecule has 1 aromatic heterocycles. The summed E-state index contributed by atoms with van der Waals surface area (Å²) in [5.41, 5.74) is 0.217. The lowest BCUT2D eigenvalue weighted by Crippen LogP contribution is -2.41. The van der Waals surface area contributed by atoms with E-state index in [0.717, 1.165) is 5.39 Å². The number of benzene rings is 2. The van der Waals surface area contributed by atoms with E-state index in [2.05, 4.69) is 15.6 Å². The zero-order valence-corrected chi connectivity index (χ0v) is 16.4. The van der Waals surface area contributed by atoms with Crippen molar-refractivity contribution in [2.24, 2.45) is 5.41 Å². The lowest BCUT2D eigenvalue weighted by atomic mass is 9.90. The number of carbonyl (C=O) groups excluding carboxylic acids is 3. The summed E-state index contributed by atoms with van der Waals surface area (Å²) in [5.74, 6) is -1.63. The van der Waals surface area contributed by atoms with Crippen LogP contribution in [0.15, 0.2) is 60.8 Å². The predicted octanol–water partition coefficient (Wildman–Crippen LogP) is 3.62. The second-order valence-electron chi connectivity index (χ2n) is 6.95. The van der Waals surface area contributed by atoms with Crippen LogP contribution in [0.4, 0.5) is 11.4 Å². The topological polar surface area (TPSA) is 97.4 Å². The Bertz CT molecular complexity index is 1090. The van der Waals surface area contributed by atoms with Crippen LogP contribution in [0.5, 0.6) is 0 Å². The van der Waals surface area contributed by atoms with Gasteiger partial charge in [0, 0.05) is 11.6 Å². The molecule has 0 aliphatic carbocycles. The molecule has 2 amide bonds. The van der Waals surface area contributed by atoms with Gasteiger partial charge in [0.15, 0.2) is 0 Å². The van der Waals surface area contributed by atoms with E-state index in [4.69, 9.17) is 4.74 Å². The quantitative estimate of drug-likeness (QED) is 0.511. The normalized spacial score (nSPS) is 11.0. The molecule has 7 heteroatoms. The number of anilines is 2. The summed E-state index contributed by atoms with van der Waals surface area (Å²) in [6.07, 6.45) is 1.64. The van der Waals surface area contributed by atoms with Crippen LogP contribution in [-0.4, -0.2) is 29.9 Å². The van der Waals surface area contributed by atoms with Crippen LogP contribution in [0.2, 0.25) is 0 Å². The molecule has 0 unspecified atom stereocenters. The van der Waals surface area contributed by atoms with E-state index in [1.54, 1.807) is 36.5 Å². The molecule has 0 saturated carbocycles. The minimum atomic E-state index is -1.42. The molecule has 0 fully saturated rings. The second kappa shape index (κ2) is 8.10. The average Bonchev–Trinajstić information content (AvgIpc) is 2.73. The van der Waals surface area contributed by atoms with Crippen LogP contribution in [0.25, 0.3) is 10.9 Å². The maximum atomic E-state index is 12.9. The maximum Gasteiger partial charge on any atom is 0.339 e. The van der Waals surface area contributed by atoms with Crippen LogP contribution in [-0.2, 0) is 14.3 Å². The second-order valence-corrected chi connectivity index (χ2v) is 6.95. The van der Waals surface area contributed by atoms with E-state index in [0.29, 0.717) is 11.2 Å². The molecule has 0 bridgehead atoms. The summed E-state index contributed by atoms with van der Waals surface area (Å²) in [6, 6.07) is 15.6. The number of carbonyl (C=O) groups is 3. The van der Waals surface area contributed by atoms with Crippen LogP contribution >= 0.6 is 0 Å². The Morgan fingerprint density at radius 2 is 1.48 bits per heavy atom. The molecule has 148 valence electrons. The molecule has 29 heavy (non-hydrogen) atoms. The molecule has 0 spiro atoms. The lowest BCUT2D eigenvalue weighted by Gasteiger charge is -2.23. The van der Waals surface area contributed by atoms with Gasteiger partial charge in [-0.05, 0) is 38.1 Å². The molecule has 7 nitrogen and oxygen atoms in total. The van der Waals surface area contributed by atoms with Gasteiger partial charge in [0.05, 0.1) is 29.6 Å². The smallest absolute Gasteiger partial charge is 0.339 e. The van der Waals surface area contributed by atoms with Gasteiger partial charge in [-0.3, -0.25) is 14.6 Å². The van der Waals surface area contributed by atoms with Crippen molar-refractivity contribution in [3.63, 3.8) is 0 Å². The van der Waals surface area contributed by atoms with E-state index >= 15 is 0 Å². The number of nitrogens with zero attached hydrogens (tertiary/aromatic N) is 1. The minimum Gasteiger partial charge on any atom is -0.465 e. The molecule has 2 aromatic carbocycles. The van der Waals surface area contributed by atoms with Gasteiger partial charge in [-0.1, -0.05) is 30.3 Å². The van der Waals surface area contributed by atoms with Crippen molar-refractivity contribution in [1.29, 1.82) is 0 Å². The largest absolute Gasteiger partial charge is 0.465 e. The van der Waals surface area contributed by atoms with Gasteiger partial charge in [0.1, 0.15) is 5.41 Å². The fourth-order valence-electron chi connectivity index (χ4n) is 2.75. The fraction of sp³-hybridized carbons (Fsp3) is 0.182. The zero-order valence-electron chi connectivity index (χ0n) is 16.4. The van der Waals surface area contributed by atoms with Gasteiger partial charge < -0.3 is 15.4 Å². The summed E-state index contributed by atoms with van der Waals surface area (Å²) in [5, 5.41) is 6.31. The standard InChI is InChI=1S/C22H21N3O4/c1-22(2,20(27)24-16-11-5-4-10-15(16)19(26)29-3)21(28)25-17-12-6-8-14-9-7-13-23-18(14)17/h4-13H,1-3H3,(H,24,27)(H,25,28). The van der Waals surface area contributed by atoms with Crippen LogP contribution in [0, 0.1) is 5.41 Å². The van der Waals surface area contributed by atoms with E-state index < -0.39 is 23.2 Å². The van der Waals surface area contributed by atoms with Gasteiger partial charge in [-0.2, -0.15) is 0 Å². The molecule has 2 N–H and O–H groups in total. The molecular weight excluding hydrogens is 370 g/mol. The highest BCUT2D eigenvalue weighted by Gasteiger charge is 2.37. The van der Waals surface area contributed by atoms with Crippen molar-refractivity contribution in [2.45, 2.75) is 13.8 Å². The first-order chi connectivity index (χ1) is 13.8. The third-order valence-corrected chi connectivity index (χ3v) is 4.60. The number of ether oxygens (including phenoxy) is 1. The number of fused-ring (bicyclic) bond motifs is 1. The first-order valence-corrected chi connectivity index (χ1v) is 8.98. The van der Waals surface area contributed by atoms with Gasteiger partial charge >= 0.3 is 5.97 Å². The molecule has 0 aliphatic rings. The highest BCUT2D eigenvalue weighted by atomic mass is 16.5. The van der Waals surface area contributed by atoms with E-state index in [9.17, 15) is 14.4 Å². The number of pyridine rings is 1. The number of methoxy groups -OCH3 is 1. The van der Waals surface area contributed by atoms with Gasteiger partial charge in [-0.15, -0.1) is 0 Å².